The second kappa shape index (κ2) is 4.04. The minimum atomic E-state index is -1.23. The molecule has 76 valence electrons. The van der Waals surface area contributed by atoms with Crippen LogP contribution in [0.1, 0.15) is 5.56 Å². The van der Waals surface area contributed by atoms with E-state index in [4.69, 9.17) is 5.11 Å². The molecule has 3 nitrogen and oxygen atoms in total. The summed E-state index contributed by atoms with van der Waals surface area (Å²) in [6, 6.07) is 1.70. The first-order valence-electron chi connectivity index (χ1n) is 3.78. The van der Waals surface area contributed by atoms with Crippen molar-refractivity contribution in [1.82, 2.24) is 0 Å². The van der Waals surface area contributed by atoms with Crippen LogP contribution in [0.15, 0.2) is 12.1 Å². The lowest BCUT2D eigenvalue weighted by Crippen LogP contribution is -2.04. The molecular weight excluding hydrogens is 194 g/mol. The minimum absolute atomic E-state index is 0.227. The zero-order valence-corrected chi connectivity index (χ0v) is 7.38. The molecule has 0 fully saturated rings. The van der Waals surface area contributed by atoms with Gasteiger partial charge in [0, 0.05) is 11.6 Å². The van der Waals surface area contributed by atoms with E-state index in [-0.39, 0.29) is 11.3 Å². The maximum absolute atomic E-state index is 13.3. The molecule has 1 rings (SSSR count). The smallest absolute Gasteiger partial charge is 0.307 e. The van der Waals surface area contributed by atoms with E-state index in [9.17, 15) is 13.6 Å². The Morgan fingerprint density at radius 2 is 2.14 bits per heavy atom. The highest BCUT2D eigenvalue weighted by molar-refractivity contribution is 5.70. The van der Waals surface area contributed by atoms with E-state index in [0.717, 1.165) is 12.1 Å². The summed E-state index contributed by atoms with van der Waals surface area (Å²) in [5.41, 5.74) is -0.227. The van der Waals surface area contributed by atoms with Crippen molar-refractivity contribution >= 4 is 5.97 Å². The molecule has 0 spiro atoms. The maximum atomic E-state index is 13.3. The Balaban J connectivity index is 3.15. The quantitative estimate of drug-likeness (QED) is 0.809. The summed E-state index contributed by atoms with van der Waals surface area (Å²) in [5, 5.41) is 8.42. The number of halogens is 2. The number of rotatable bonds is 3. The molecule has 1 N–H and O–H groups in total. The average Bonchev–Trinajstić information content (AvgIpc) is 2.09. The van der Waals surface area contributed by atoms with Gasteiger partial charge in [-0.15, -0.1) is 0 Å². The molecule has 0 saturated carbocycles. The fourth-order valence-electron chi connectivity index (χ4n) is 1.06. The normalized spacial score (nSPS) is 9.93. The minimum Gasteiger partial charge on any atom is -0.494 e. The topological polar surface area (TPSA) is 46.5 Å². The lowest BCUT2D eigenvalue weighted by molar-refractivity contribution is -0.136. The van der Waals surface area contributed by atoms with Crippen molar-refractivity contribution in [3.63, 3.8) is 0 Å². The highest BCUT2D eigenvalue weighted by Gasteiger charge is 2.13. The molecule has 0 aliphatic carbocycles. The Labute approximate surface area is 78.9 Å². The van der Waals surface area contributed by atoms with Crippen molar-refractivity contribution < 1.29 is 23.4 Å². The molecule has 1 aromatic rings. The van der Waals surface area contributed by atoms with Gasteiger partial charge < -0.3 is 9.84 Å². The van der Waals surface area contributed by atoms with Crippen molar-refractivity contribution in [2.45, 2.75) is 6.42 Å². The molecule has 0 atom stereocenters. The number of hydrogen-bond acceptors (Lipinski definition) is 2. The number of benzene rings is 1. The van der Waals surface area contributed by atoms with Crippen molar-refractivity contribution in [3.05, 3.63) is 29.3 Å². The standard InChI is InChI=1S/C9H8F2O3/c1-14-7-4-6(10)2-5(9(7)11)3-8(12)13/h2,4H,3H2,1H3,(H,12,13). The van der Waals surface area contributed by atoms with Crippen LogP contribution in [0.3, 0.4) is 0 Å². The number of methoxy groups -OCH3 is 1. The van der Waals surface area contributed by atoms with Crippen LogP contribution in [0.4, 0.5) is 8.78 Å². The molecular formula is C9H8F2O3. The van der Waals surface area contributed by atoms with Gasteiger partial charge in [0.2, 0.25) is 0 Å². The molecule has 0 unspecified atom stereocenters. The van der Waals surface area contributed by atoms with Crippen LogP contribution in [0, 0.1) is 11.6 Å². The van der Waals surface area contributed by atoms with Crippen LogP contribution in [0.25, 0.3) is 0 Å². The third-order valence-electron chi connectivity index (χ3n) is 1.64. The van der Waals surface area contributed by atoms with Crippen molar-refractivity contribution in [1.29, 1.82) is 0 Å². The number of carbonyl (C=O) groups is 1. The van der Waals surface area contributed by atoms with Gasteiger partial charge in [-0.3, -0.25) is 4.79 Å². The number of ether oxygens (including phenoxy) is 1. The van der Waals surface area contributed by atoms with Gasteiger partial charge in [0.25, 0.3) is 0 Å². The summed E-state index contributed by atoms with van der Waals surface area (Å²) >= 11 is 0. The fraction of sp³-hybridized carbons (Fsp3) is 0.222. The summed E-state index contributed by atoms with van der Waals surface area (Å²) in [4.78, 5) is 10.3. The summed E-state index contributed by atoms with van der Waals surface area (Å²) in [7, 11) is 1.18. The van der Waals surface area contributed by atoms with Gasteiger partial charge in [0.1, 0.15) is 5.82 Å². The van der Waals surface area contributed by atoms with E-state index in [1.165, 1.54) is 7.11 Å². The van der Waals surface area contributed by atoms with Crippen molar-refractivity contribution in [2.24, 2.45) is 0 Å². The van der Waals surface area contributed by atoms with E-state index in [0.29, 0.717) is 0 Å². The highest BCUT2D eigenvalue weighted by Crippen LogP contribution is 2.22. The molecule has 0 aliphatic heterocycles. The number of hydrogen-bond donors (Lipinski definition) is 1. The molecule has 1 aromatic carbocycles. The first kappa shape index (κ1) is 10.4. The molecule has 5 heteroatoms. The van der Waals surface area contributed by atoms with Gasteiger partial charge >= 0.3 is 5.97 Å². The molecule has 0 aliphatic rings. The van der Waals surface area contributed by atoms with E-state index in [1.807, 2.05) is 0 Å². The van der Waals surface area contributed by atoms with Gasteiger partial charge in [-0.25, -0.2) is 8.78 Å². The molecule has 0 heterocycles. The third kappa shape index (κ3) is 2.18. The van der Waals surface area contributed by atoms with Crippen LogP contribution in [-0.2, 0) is 11.2 Å². The van der Waals surface area contributed by atoms with Crippen molar-refractivity contribution in [3.8, 4) is 5.75 Å². The SMILES string of the molecule is COc1cc(F)cc(CC(=O)O)c1F. The first-order chi connectivity index (χ1) is 6.54. The van der Waals surface area contributed by atoms with Gasteiger partial charge in [0.05, 0.1) is 13.5 Å². The molecule has 0 aromatic heterocycles. The molecule has 14 heavy (non-hydrogen) atoms. The van der Waals surface area contributed by atoms with E-state index >= 15 is 0 Å². The Morgan fingerprint density at radius 3 is 2.64 bits per heavy atom. The molecule has 0 bridgehead atoms. The predicted molar refractivity (Wildman–Crippen MR) is 44.2 cm³/mol. The molecule has 0 radical (unpaired) electrons. The first-order valence-corrected chi connectivity index (χ1v) is 3.78. The summed E-state index contributed by atoms with van der Waals surface area (Å²) in [6.07, 6.45) is -0.569. The third-order valence-corrected chi connectivity index (χ3v) is 1.64. The Kier molecular flexibility index (Phi) is 3.01. The van der Waals surface area contributed by atoms with Crippen molar-refractivity contribution in [2.75, 3.05) is 7.11 Å². The van der Waals surface area contributed by atoms with E-state index in [1.54, 1.807) is 0 Å². The maximum Gasteiger partial charge on any atom is 0.307 e. The zero-order valence-electron chi connectivity index (χ0n) is 7.38. The van der Waals surface area contributed by atoms with Gasteiger partial charge in [0.15, 0.2) is 11.6 Å². The van der Waals surface area contributed by atoms with Gasteiger partial charge in [-0.1, -0.05) is 0 Å². The monoisotopic (exact) mass is 202 g/mol. The summed E-state index contributed by atoms with van der Waals surface area (Å²) < 4.78 is 30.6. The van der Waals surface area contributed by atoms with Crippen LogP contribution in [0.5, 0.6) is 5.75 Å². The van der Waals surface area contributed by atoms with Gasteiger partial charge in [-0.2, -0.15) is 0 Å². The fourth-order valence-corrected chi connectivity index (χ4v) is 1.06. The molecule has 0 saturated heterocycles. The second-order valence-electron chi connectivity index (χ2n) is 2.65. The lowest BCUT2D eigenvalue weighted by Gasteiger charge is -2.05. The molecule has 0 amide bonds. The largest absolute Gasteiger partial charge is 0.494 e. The highest BCUT2D eigenvalue weighted by atomic mass is 19.1. The van der Waals surface area contributed by atoms with Crippen LogP contribution in [-0.4, -0.2) is 18.2 Å². The number of carboxylic acid groups (broad SMARTS) is 1. The zero-order chi connectivity index (χ0) is 10.7. The lowest BCUT2D eigenvalue weighted by atomic mass is 10.1. The van der Waals surface area contributed by atoms with E-state index < -0.39 is 24.0 Å². The second-order valence-corrected chi connectivity index (χ2v) is 2.65. The average molecular weight is 202 g/mol. The summed E-state index contributed by atoms with van der Waals surface area (Å²) in [6.45, 7) is 0. The van der Waals surface area contributed by atoms with Crippen LogP contribution in [0.2, 0.25) is 0 Å². The summed E-state index contributed by atoms with van der Waals surface area (Å²) in [5.74, 6) is -3.08. The Hall–Kier alpha value is -1.65. The number of aliphatic carboxylic acids is 1. The number of carboxylic acids is 1. The Bertz CT molecular complexity index is 363. The van der Waals surface area contributed by atoms with Crippen LogP contribution >= 0.6 is 0 Å². The predicted octanol–water partition coefficient (Wildman–Crippen LogP) is 1.60. The Morgan fingerprint density at radius 1 is 1.50 bits per heavy atom. The van der Waals surface area contributed by atoms with Gasteiger partial charge in [-0.05, 0) is 6.07 Å². The van der Waals surface area contributed by atoms with Crippen LogP contribution < -0.4 is 4.74 Å². The van der Waals surface area contributed by atoms with E-state index in [2.05, 4.69) is 4.74 Å².